The van der Waals surface area contributed by atoms with Crippen LogP contribution in [0.15, 0.2) is 6.58 Å². The highest BCUT2D eigenvalue weighted by molar-refractivity contribution is 4.47. The van der Waals surface area contributed by atoms with E-state index in [9.17, 15) is 0 Å². The van der Waals surface area contributed by atoms with Crippen molar-refractivity contribution >= 4 is 0 Å². The van der Waals surface area contributed by atoms with Crippen LogP contribution in [-0.4, -0.2) is 11.7 Å². The summed E-state index contributed by atoms with van der Waals surface area (Å²) in [5, 5.41) is 7.70. The lowest BCUT2D eigenvalue weighted by atomic mass is 10.7. The summed E-state index contributed by atoms with van der Waals surface area (Å²) in [7, 11) is 0. The van der Waals surface area contributed by atoms with Crippen LogP contribution >= 0.6 is 0 Å². The van der Waals surface area contributed by atoms with E-state index in [4.69, 9.17) is 5.11 Å². The van der Waals surface area contributed by atoms with Gasteiger partial charge in [0, 0.05) is 0 Å². The number of hydrogen-bond donors (Lipinski definition) is 1. The molecule has 4 heavy (non-hydrogen) atoms. The van der Waals surface area contributed by atoms with E-state index >= 15 is 0 Å². The van der Waals surface area contributed by atoms with Gasteiger partial charge in [-0.2, -0.15) is 0 Å². The second-order valence-corrected chi connectivity index (χ2v) is 0.408. The second-order valence-electron chi connectivity index (χ2n) is 0.408. The van der Waals surface area contributed by atoms with Gasteiger partial charge in [-0.15, -0.1) is 0 Å². The average molecular weight is 57.1 g/mol. The van der Waals surface area contributed by atoms with Crippen LogP contribution < -0.4 is 0 Å². The molecule has 1 radical (unpaired) electrons. The molecule has 0 spiro atoms. The van der Waals surface area contributed by atoms with E-state index in [0.29, 0.717) is 0 Å². The SMILES string of the molecule is C=[C]CO. The highest BCUT2D eigenvalue weighted by Crippen LogP contribution is 1.43. The lowest BCUT2D eigenvalue weighted by molar-refractivity contribution is 0.337. The first kappa shape index (κ1) is 3.70. The Morgan fingerprint density at radius 3 is 2.25 bits per heavy atom. The largest absolute Gasteiger partial charge is 0.392 e. The third-order valence-electron chi connectivity index (χ3n) is 0.112. The van der Waals surface area contributed by atoms with Crippen LogP contribution in [-0.2, 0) is 0 Å². The first-order valence-electron chi connectivity index (χ1n) is 1.02. The molecule has 0 aromatic rings. The zero-order valence-electron chi connectivity index (χ0n) is 2.36. The molecule has 23 valence electrons. The fourth-order valence-electron chi connectivity index (χ4n) is 0. The second kappa shape index (κ2) is 2.70. The van der Waals surface area contributed by atoms with Gasteiger partial charge in [-0.05, 0) is 6.08 Å². The van der Waals surface area contributed by atoms with Crippen LogP contribution in [0.3, 0.4) is 0 Å². The summed E-state index contributed by atoms with van der Waals surface area (Å²) in [6.45, 7) is 3.06. The quantitative estimate of drug-likeness (QED) is 0.448. The molecule has 0 aliphatic heterocycles. The van der Waals surface area contributed by atoms with E-state index in [1.807, 2.05) is 0 Å². The molecule has 1 nitrogen and oxygen atoms in total. The topological polar surface area (TPSA) is 20.2 Å². The van der Waals surface area contributed by atoms with E-state index in [1.54, 1.807) is 0 Å². The summed E-state index contributed by atoms with van der Waals surface area (Å²) in [4.78, 5) is 0. The maximum absolute atomic E-state index is 7.70. The maximum Gasteiger partial charge on any atom is 0.0679 e. The first-order valence-corrected chi connectivity index (χ1v) is 1.02. The Labute approximate surface area is 25.6 Å². The normalized spacial score (nSPS) is 6.25. The lowest BCUT2D eigenvalue weighted by Gasteiger charge is -1.58. The van der Waals surface area contributed by atoms with Gasteiger partial charge < -0.3 is 5.11 Å². The Kier molecular flexibility index (Phi) is 2.50. The highest BCUT2D eigenvalue weighted by Gasteiger charge is 1.46. The number of hydrogen-bond acceptors (Lipinski definition) is 1. The van der Waals surface area contributed by atoms with Crippen molar-refractivity contribution in [1.29, 1.82) is 0 Å². The van der Waals surface area contributed by atoms with Gasteiger partial charge in [0.25, 0.3) is 0 Å². The number of aliphatic hydroxyl groups excluding tert-OH is 1. The summed E-state index contributed by atoms with van der Waals surface area (Å²) < 4.78 is 0. The predicted octanol–water partition coefficient (Wildman–Crippen LogP) is -0.0321. The van der Waals surface area contributed by atoms with Gasteiger partial charge in [0.1, 0.15) is 0 Å². The fraction of sp³-hybridized carbons (Fsp3) is 0.333. The summed E-state index contributed by atoms with van der Waals surface area (Å²) in [5.41, 5.74) is 0. The molecule has 1 heteroatoms. The predicted molar refractivity (Wildman–Crippen MR) is 16.0 cm³/mol. The maximum atomic E-state index is 7.70. The molecule has 0 aromatic carbocycles. The van der Waals surface area contributed by atoms with Gasteiger partial charge in [-0.25, -0.2) is 0 Å². The minimum atomic E-state index is -0.0417. The Morgan fingerprint density at radius 1 is 2.00 bits per heavy atom. The molecule has 0 amide bonds. The molecule has 0 aliphatic rings. The Balaban J connectivity index is 2.30. The van der Waals surface area contributed by atoms with Crippen molar-refractivity contribution in [3.8, 4) is 0 Å². The summed E-state index contributed by atoms with van der Waals surface area (Å²) >= 11 is 0. The minimum absolute atomic E-state index is 0.0417. The molecular formula is C3H5O. The van der Waals surface area contributed by atoms with Crippen LogP contribution in [0.1, 0.15) is 0 Å². The van der Waals surface area contributed by atoms with E-state index in [1.165, 1.54) is 0 Å². The van der Waals surface area contributed by atoms with E-state index in [-0.39, 0.29) is 6.61 Å². The van der Waals surface area contributed by atoms with Crippen molar-refractivity contribution in [2.24, 2.45) is 0 Å². The standard InChI is InChI=1S/C3H5O/c1-2-3-4/h4H,1,3H2. The van der Waals surface area contributed by atoms with Crippen LogP contribution in [0, 0.1) is 6.08 Å². The molecule has 0 unspecified atom stereocenters. The summed E-state index contributed by atoms with van der Waals surface area (Å²) in [5.74, 6) is 0. The molecule has 0 fully saturated rings. The van der Waals surface area contributed by atoms with Gasteiger partial charge in [0.15, 0.2) is 0 Å². The van der Waals surface area contributed by atoms with Crippen molar-refractivity contribution in [3.63, 3.8) is 0 Å². The zero-order valence-corrected chi connectivity index (χ0v) is 2.36. The molecule has 0 heterocycles. The number of rotatable bonds is 1. The van der Waals surface area contributed by atoms with Crippen LogP contribution in [0.25, 0.3) is 0 Å². The van der Waals surface area contributed by atoms with Crippen LogP contribution in [0.5, 0.6) is 0 Å². The van der Waals surface area contributed by atoms with E-state index in [0.717, 1.165) is 0 Å². The minimum Gasteiger partial charge on any atom is -0.392 e. The zero-order chi connectivity index (χ0) is 3.41. The van der Waals surface area contributed by atoms with Crippen LogP contribution in [0.4, 0.5) is 0 Å². The van der Waals surface area contributed by atoms with Crippen molar-refractivity contribution in [2.45, 2.75) is 0 Å². The van der Waals surface area contributed by atoms with Crippen molar-refractivity contribution in [2.75, 3.05) is 6.61 Å². The molecular weight excluding hydrogens is 52.0 g/mol. The fourth-order valence-corrected chi connectivity index (χ4v) is 0. The van der Waals surface area contributed by atoms with E-state index in [2.05, 4.69) is 12.7 Å². The molecule has 0 rings (SSSR count). The first-order chi connectivity index (χ1) is 1.91. The van der Waals surface area contributed by atoms with Crippen molar-refractivity contribution in [3.05, 3.63) is 12.7 Å². The third-order valence-corrected chi connectivity index (χ3v) is 0.112. The van der Waals surface area contributed by atoms with E-state index < -0.39 is 0 Å². The molecule has 0 aromatic heterocycles. The third kappa shape index (κ3) is 1.70. The molecule has 0 bridgehead atoms. The summed E-state index contributed by atoms with van der Waals surface area (Å²) in [6.07, 6.45) is 2.24. The van der Waals surface area contributed by atoms with Crippen LogP contribution in [0.2, 0.25) is 0 Å². The molecule has 1 N–H and O–H groups in total. The lowest BCUT2D eigenvalue weighted by Crippen LogP contribution is -1.64. The van der Waals surface area contributed by atoms with Gasteiger partial charge in [0.05, 0.1) is 6.61 Å². The van der Waals surface area contributed by atoms with Gasteiger partial charge in [-0.1, -0.05) is 6.58 Å². The Hall–Kier alpha value is -0.300. The number of aliphatic hydroxyl groups is 1. The average Bonchev–Trinajstić information content (AvgIpc) is 1.37. The smallest absolute Gasteiger partial charge is 0.0679 e. The molecule has 0 aliphatic carbocycles. The monoisotopic (exact) mass is 57.0 g/mol. The molecule has 0 atom stereocenters. The van der Waals surface area contributed by atoms with Crippen molar-refractivity contribution in [1.82, 2.24) is 0 Å². The van der Waals surface area contributed by atoms with Gasteiger partial charge in [0.2, 0.25) is 0 Å². The Bertz CT molecular complexity index is 17.2. The Morgan fingerprint density at radius 2 is 2.25 bits per heavy atom. The van der Waals surface area contributed by atoms with Gasteiger partial charge >= 0.3 is 0 Å². The highest BCUT2D eigenvalue weighted by atomic mass is 16.2. The van der Waals surface area contributed by atoms with Gasteiger partial charge in [-0.3, -0.25) is 0 Å². The summed E-state index contributed by atoms with van der Waals surface area (Å²) in [6, 6.07) is 0. The molecule has 0 saturated heterocycles. The molecule has 0 saturated carbocycles. The van der Waals surface area contributed by atoms with Crippen molar-refractivity contribution < 1.29 is 5.11 Å².